The monoisotopic (exact) mass is 166 g/mol. The highest BCUT2D eigenvalue weighted by Crippen LogP contribution is 2.32. The van der Waals surface area contributed by atoms with Crippen LogP contribution in [0.2, 0.25) is 0 Å². The fourth-order valence-electron chi connectivity index (χ4n) is 1.80. The number of aromatic nitrogens is 1. The minimum absolute atomic E-state index is 0.349. The van der Waals surface area contributed by atoms with E-state index in [9.17, 15) is 0 Å². The van der Waals surface area contributed by atoms with E-state index in [2.05, 4.69) is 4.98 Å². The Morgan fingerprint density at radius 3 is 2.92 bits per heavy atom. The van der Waals surface area contributed by atoms with E-state index in [1.165, 1.54) is 0 Å². The highest BCUT2D eigenvalue weighted by Gasteiger charge is 2.26. The summed E-state index contributed by atoms with van der Waals surface area (Å²) in [6.45, 7) is 1.92. The molecule has 1 aromatic rings. The van der Waals surface area contributed by atoms with Crippen LogP contribution in [-0.2, 0) is 0 Å². The molecular formula is C9H14N2O. The highest BCUT2D eigenvalue weighted by atomic mass is 16.4. The van der Waals surface area contributed by atoms with Crippen LogP contribution in [0.25, 0.3) is 0 Å². The van der Waals surface area contributed by atoms with Gasteiger partial charge in [-0.1, -0.05) is 0 Å². The van der Waals surface area contributed by atoms with E-state index in [0.717, 1.165) is 30.9 Å². The van der Waals surface area contributed by atoms with Gasteiger partial charge in [0.25, 0.3) is 0 Å². The first kappa shape index (κ1) is 7.80. The Morgan fingerprint density at radius 1 is 1.58 bits per heavy atom. The predicted molar refractivity (Wildman–Crippen MR) is 45.8 cm³/mol. The van der Waals surface area contributed by atoms with Gasteiger partial charge in [-0.05, 0) is 26.2 Å². The summed E-state index contributed by atoms with van der Waals surface area (Å²) in [5, 5.41) is 0. The Hall–Kier alpha value is -0.830. The van der Waals surface area contributed by atoms with Gasteiger partial charge in [-0.15, -0.1) is 0 Å². The van der Waals surface area contributed by atoms with Gasteiger partial charge in [-0.2, -0.15) is 0 Å². The molecule has 2 rings (SSSR count). The summed E-state index contributed by atoms with van der Waals surface area (Å²) < 4.78 is 5.45. The van der Waals surface area contributed by atoms with Crippen molar-refractivity contribution in [3.05, 3.63) is 17.8 Å². The van der Waals surface area contributed by atoms with Crippen LogP contribution in [0.4, 0.5) is 0 Å². The standard InChI is InChI=1S/C9H14N2O/c1-6-5-11-9(12-6)7-2-3-8(10)4-7/h5,7-8H,2-4,10H2,1H3. The first-order valence-corrected chi connectivity index (χ1v) is 4.43. The van der Waals surface area contributed by atoms with Gasteiger partial charge in [-0.3, -0.25) is 0 Å². The van der Waals surface area contributed by atoms with Gasteiger partial charge in [0.1, 0.15) is 5.76 Å². The van der Waals surface area contributed by atoms with Gasteiger partial charge in [0.2, 0.25) is 0 Å². The first-order chi connectivity index (χ1) is 5.75. The molecule has 1 aliphatic carbocycles. The lowest BCUT2D eigenvalue weighted by molar-refractivity contribution is 0.429. The quantitative estimate of drug-likeness (QED) is 0.689. The van der Waals surface area contributed by atoms with E-state index in [1.807, 2.05) is 6.92 Å². The van der Waals surface area contributed by atoms with Crippen molar-refractivity contribution in [1.29, 1.82) is 0 Å². The molecule has 66 valence electrons. The molecule has 2 unspecified atom stereocenters. The Morgan fingerprint density at radius 2 is 2.42 bits per heavy atom. The number of nitrogens with two attached hydrogens (primary N) is 1. The Bertz CT molecular complexity index is 269. The van der Waals surface area contributed by atoms with Gasteiger partial charge in [0.15, 0.2) is 5.89 Å². The fourth-order valence-corrected chi connectivity index (χ4v) is 1.80. The van der Waals surface area contributed by atoms with E-state index < -0.39 is 0 Å². The van der Waals surface area contributed by atoms with Crippen LogP contribution in [0.15, 0.2) is 10.6 Å². The van der Waals surface area contributed by atoms with Crippen LogP contribution in [0.3, 0.4) is 0 Å². The normalized spacial score (nSPS) is 29.5. The Kier molecular flexibility index (Phi) is 1.89. The van der Waals surface area contributed by atoms with Gasteiger partial charge >= 0.3 is 0 Å². The van der Waals surface area contributed by atoms with E-state index in [4.69, 9.17) is 10.2 Å². The van der Waals surface area contributed by atoms with Crippen molar-refractivity contribution in [3.63, 3.8) is 0 Å². The van der Waals surface area contributed by atoms with Crippen molar-refractivity contribution in [1.82, 2.24) is 4.98 Å². The zero-order valence-corrected chi connectivity index (χ0v) is 7.29. The van der Waals surface area contributed by atoms with Gasteiger partial charge in [0.05, 0.1) is 6.20 Å². The van der Waals surface area contributed by atoms with Crippen LogP contribution in [0.1, 0.15) is 36.8 Å². The van der Waals surface area contributed by atoms with Crippen molar-refractivity contribution in [3.8, 4) is 0 Å². The number of aryl methyl sites for hydroxylation is 1. The van der Waals surface area contributed by atoms with Crippen molar-refractivity contribution < 1.29 is 4.42 Å². The number of oxazole rings is 1. The minimum atomic E-state index is 0.349. The maximum absolute atomic E-state index is 5.80. The summed E-state index contributed by atoms with van der Waals surface area (Å²) in [4.78, 5) is 4.21. The SMILES string of the molecule is Cc1cnc(C2CCC(N)C2)o1. The molecule has 1 aromatic heterocycles. The third-order valence-electron chi connectivity index (χ3n) is 2.46. The van der Waals surface area contributed by atoms with Gasteiger partial charge < -0.3 is 10.2 Å². The predicted octanol–water partition coefficient (Wildman–Crippen LogP) is 1.58. The van der Waals surface area contributed by atoms with Crippen molar-refractivity contribution in [2.75, 3.05) is 0 Å². The molecule has 2 atom stereocenters. The smallest absolute Gasteiger partial charge is 0.197 e. The molecular weight excluding hydrogens is 152 g/mol. The summed E-state index contributed by atoms with van der Waals surface area (Å²) in [5.74, 6) is 2.24. The van der Waals surface area contributed by atoms with E-state index in [0.29, 0.717) is 12.0 Å². The number of rotatable bonds is 1. The maximum atomic E-state index is 5.80. The Balaban J connectivity index is 2.11. The van der Waals surface area contributed by atoms with Crippen LogP contribution < -0.4 is 5.73 Å². The summed E-state index contributed by atoms with van der Waals surface area (Å²) in [6, 6.07) is 0.349. The second-order valence-electron chi connectivity index (χ2n) is 3.58. The van der Waals surface area contributed by atoms with E-state index in [1.54, 1.807) is 6.20 Å². The second kappa shape index (κ2) is 2.90. The fraction of sp³-hybridized carbons (Fsp3) is 0.667. The number of hydrogen-bond donors (Lipinski definition) is 1. The molecule has 0 saturated heterocycles. The summed E-state index contributed by atoms with van der Waals surface area (Å²) in [7, 11) is 0. The molecule has 0 aromatic carbocycles. The lowest BCUT2D eigenvalue weighted by atomic mass is 10.1. The van der Waals surface area contributed by atoms with Crippen molar-refractivity contribution >= 4 is 0 Å². The number of nitrogens with zero attached hydrogens (tertiary/aromatic N) is 1. The average Bonchev–Trinajstić information content (AvgIpc) is 2.58. The molecule has 0 aliphatic heterocycles. The molecule has 1 aliphatic rings. The van der Waals surface area contributed by atoms with Crippen LogP contribution >= 0.6 is 0 Å². The second-order valence-corrected chi connectivity index (χ2v) is 3.58. The Labute approximate surface area is 72.0 Å². The first-order valence-electron chi connectivity index (χ1n) is 4.43. The third-order valence-corrected chi connectivity index (χ3v) is 2.46. The van der Waals surface area contributed by atoms with Crippen molar-refractivity contribution in [2.45, 2.75) is 38.1 Å². The molecule has 1 saturated carbocycles. The summed E-state index contributed by atoms with van der Waals surface area (Å²) >= 11 is 0. The molecule has 2 N–H and O–H groups in total. The molecule has 0 spiro atoms. The minimum Gasteiger partial charge on any atom is -0.446 e. The zero-order valence-electron chi connectivity index (χ0n) is 7.29. The topological polar surface area (TPSA) is 52.0 Å². The third kappa shape index (κ3) is 1.37. The van der Waals surface area contributed by atoms with Crippen LogP contribution in [0, 0.1) is 6.92 Å². The van der Waals surface area contributed by atoms with Crippen molar-refractivity contribution in [2.24, 2.45) is 5.73 Å². The zero-order chi connectivity index (χ0) is 8.55. The van der Waals surface area contributed by atoms with E-state index in [-0.39, 0.29) is 0 Å². The molecule has 3 heteroatoms. The molecule has 12 heavy (non-hydrogen) atoms. The molecule has 0 amide bonds. The molecule has 3 nitrogen and oxygen atoms in total. The molecule has 1 fully saturated rings. The van der Waals surface area contributed by atoms with Gasteiger partial charge in [0, 0.05) is 12.0 Å². The summed E-state index contributed by atoms with van der Waals surface area (Å²) in [5.41, 5.74) is 5.80. The van der Waals surface area contributed by atoms with Crippen LogP contribution in [-0.4, -0.2) is 11.0 Å². The molecule has 0 bridgehead atoms. The average molecular weight is 166 g/mol. The van der Waals surface area contributed by atoms with E-state index >= 15 is 0 Å². The van der Waals surface area contributed by atoms with Gasteiger partial charge in [-0.25, -0.2) is 4.98 Å². The lowest BCUT2D eigenvalue weighted by Gasteiger charge is -2.02. The maximum Gasteiger partial charge on any atom is 0.197 e. The molecule has 1 heterocycles. The highest BCUT2D eigenvalue weighted by molar-refractivity contribution is 5.01. The number of hydrogen-bond acceptors (Lipinski definition) is 3. The molecule has 0 radical (unpaired) electrons. The lowest BCUT2D eigenvalue weighted by Crippen LogP contribution is -2.14. The summed E-state index contributed by atoms with van der Waals surface area (Å²) in [6.07, 6.45) is 5.03. The largest absolute Gasteiger partial charge is 0.446 e. The van der Waals surface area contributed by atoms with Crippen LogP contribution in [0.5, 0.6) is 0 Å².